The molecule has 3 aromatic carbocycles. The highest BCUT2D eigenvalue weighted by Gasteiger charge is 2.24. The Balaban J connectivity index is 2.29. The molecule has 0 aromatic heterocycles. The van der Waals surface area contributed by atoms with E-state index >= 15 is 0 Å². The molecule has 30 heavy (non-hydrogen) atoms. The molecule has 1 N–H and O–H groups in total. The van der Waals surface area contributed by atoms with Crippen LogP contribution in [0.15, 0.2) is 54.6 Å². The number of carboxylic acid groups (broad SMARTS) is 1. The summed E-state index contributed by atoms with van der Waals surface area (Å²) in [5, 5.41) is 10.5. The van der Waals surface area contributed by atoms with Gasteiger partial charge in [0, 0.05) is 18.1 Å². The van der Waals surface area contributed by atoms with E-state index in [0.29, 0.717) is 35.3 Å². The predicted octanol–water partition coefficient (Wildman–Crippen LogP) is 4.47. The van der Waals surface area contributed by atoms with Crippen molar-refractivity contribution < 1.29 is 28.9 Å². The van der Waals surface area contributed by atoms with Gasteiger partial charge >= 0.3 is 5.97 Å². The quantitative estimate of drug-likeness (QED) is 0.303. The summed E-state index contributed by atoms with van der Waals surface area (Å²) in [6.45, 7) is 2.35. The minimum Gasteiger partial charge on any atom is -0.490 e. The van der Waals surface area contributed by atoms with Crippen LogP contribution in [0.5, 0.6) is 11.5 Å². The molecule has 6 heteroatoms. The van der Waals surface area contributed by atoms with E-state index in [0.717, 1.165) is 17.5 Å². The zero-order valence-electron chi connectivity index (χ0n) is 17.0. The molecule has 0 aliphatic carbocycles. The fourth-order valence-electron chi connectivity index (χ4n) is 3.34. The number of hydrogen-bond donors (Lipinski definition) is 1. The standard InChI is InChI=1S/C24H24O6/c1-3-12-29-20-14-19(22(25)24(26)27)18-11-7-10-17(13-16-8-5-4-6-9-16)21(18)23(20)30-15-28-2/h4-11,14H,3,12-13,15H2,1-2H3,(H,26,27). The number of carboxylic acids is 1. The summed E-state index contributed by atoms with van der Waals surface area (Å²) in [5.74, 6) is -1.74. The third kappa shape index (κ3) is 4.60. The van der Waals surface area contributed by atoms with Crippen molar-refractivity contribution in [2.45, 2.75) is 19.8 Å². The van der Waals surface area contributed by atoms with Gasteiger partial charge < -0.3 is 19.3 Å². The van der Waals surface area contributed by atoms with Crippen LogP contribution in [0, 0.1) is 0 Å². The fraction of sp³-hybridized carbons (Fsp3) is 0.250. The Kier molecular flexibility index (Phi) is 7.03. The van der Waals surface area contributed by atoms with E-state index in [1.54, 1.807) is 6.07 Å². The first-order chi connectivity index (χ1) is 14.6. The van der Waals surface area contributed by atoms with Crippen molar-refractivity contribution in [3.05, 3.63) is 71.3 Å². The van der Waals surface area contributed by atoms with Gasteiger partial charge in [-0.15, -0.1) is 0 Å². The van der Waals surface area contributed by atoms with Gasteiger partial charge in [0.25, 0.3) is 5.78 Å². The zero-order valence-corrected chi connectivity index (χ0v) is 17.0. The lowest BCUT2D eigenvalue weighted by molar-refractivity contribution is -0.131. The Morgan fingerprint density at radius 1 is 1.00 bits per heavy atom. The van der Waals surface area contributed by atoms with E-state index in [9.17, 15) is 14.7 Å². The van der Waals surface area contributed by atoms with Crippen LogP contribution in [0.25, 0.3) is 10.8 Å². The van der Waals surface area contributed by atoms with Crippen molar-refractivity contribution in [2.24, 2.45) is 0 Å². The molecule has 0 spiro atoms. The Bertz CT molecular complexity index is 1040. The van der Waals surface area contributed by atoms with Crippen LogP contribution < -0.4 is 9.47 Å². The molecule has 3 rings (SSSR count). The summed E-state index contributed by atoms with van der Waals surface area (Å²) in [6.07, 6.45) is 1.33. The van der Waals surface area contributed by atoms with Crippen molar-refractivity contribution >= 4 is 22.5 Å². The molecule has 0 saturated heterocycles. The van der Waals surface area contributed by atoms with Gasteiger partial charge in [-0.25, -0.2) is 4.79 Å². The van der Waals surface area contributed by atoms with Gasteiger partial charge in [-0.1, -0.05) is 55.5 Å². The molecule has 0 saturated carbocycles. The average molecular weight is 408 g/mol. The van der Waals surface area contributed by atoms with Gasteiger partial charge in [-0.3, -0.25) is 4.79 Å². The number of aliphatic carboxylic acids is 1. The summed E-state index contributed by atoms with van der Waals surface area (Å²) in [7, 11) is 1.52. The zero-order chi connectivity index (χ0) is 21.5. The van der Waals surface area contributed by atoms with Gasteiger partial charge in [-0.05, 0) is 35.4 Å². The van der Waals surface area contributed by atoms with Crippen molar-refractivity contribution in [1.82, 2.24) is 0 Å². The maximum Gasteiger partial charge on any atom is 0.377 e. The minimum absolute atomic E-state index is 0.0104. The Labute approximate surface area is 175 Å². The average Bonchev–Trinajstić information content (AvgIpc) is 2.76. The van der Waals surface area contributed by atoms with Gasteiger partial charge in [-0.2, -0.15) is 0 Å². The van der Waals surface area contributed by atoms with Crippen molar-refractivity contribution in [2.75, 3.05) is 20.5 Å². The second kappa shape index (κ2) is 9.89. The van der Waals surface area contributed by atoms with Crippen LogP contribution in [0.4, 0.5) is 0 Å². The number of ketones is 1. The molecule has 0 fully saturated rings. The molecule has 156 valence electrons. The summed E-state index contributed by atoms with van der Waals surface area (Å²) < 4.78 is 16.8. The van der Waals surface area contributed by atoms with Gasteiger partial charge in [0.15, 0.2) is 18.3 Å². The summed E-state index contributed by atoms with van der Waals surface area (Å²) in [6, 6.07) is 16.8. The topological polar surface area (TPSA) is 82.1 Å². The second-order valence-electron chi connectivity index (χ2n) is 6.79. The Hall–Kier alpha value is -3.38. The third-order valence-corrected chi connectivity index (χ3v) is 4.63. The molecule has 3 aromatic rings. The van der Waals surface area contributed by atoms with Crippen molar-refractivity contribution in [3.8, 4) is 11.5 Å². The lowest BCUT2D eigenvalue weighted by Gasteiger charge is -2.19. The number of carbonyl (C=O) groups is 2. The van der Waals surface area contributed by atoms with E-state index in [1.807, 2.05) is 49.4 Å². The summed E-state index contributed by atoms with van der Waals surface area (Å²) in [5.41, 5.74) is 2.04. The molecule has 6 nitrogen and oxygen atoms in total. The van der Waals surface area contributed by atoms with E-state index in [4.69, 9.17) is 14.2 Å². The lowest BCUT2D eigenvalue weighted by atomic mass is 9.93. The maximum absolute atomic E-state index is 12.5. The molecule has 0 aliphatic heterocycles. The Morgan fingerprint density at radius 3 is 2.43 bits per heavy atom. The predicted molar refractivity (Wildman–Crippen MR) is 113 cm³/mol. The minimum atomic E-state index is -1.52. The smallest absolute Gasteiger partial charge is 0.377 e. The number of fused-ring (bicyclic) bond motifs is 1. The SMILES string of the molecule is CCCOc1cc(C(=O)C(=O)O)c2cccc(Cc3ccccc3)c2c1OCOC. The molecule has 0 heterocycles. The monoisotopic (exact) mass is 408 g/mol. The number of hydrogen-bond acceptors (Lipinski definition) is 5. The lowest BCUT2D eigenvalue weighted by Crippen LogP contribution is -2.14. The highest BCUT2D eigenvalue weighted by atomic mass is 16.7. The van der Waals surface area contributed by atoms with Crippen LogP contribution >= 0.6 is 0 Å². The highest BCUT2D eigenvalue weighted by molar-refractivity contribution is 6.42. The molecule has 0 atom stereocenters. The number of ether oxygens (including phenoxy) is 3. The first kappa shape index (κ1) is 21.3. The van der Waals surface area contributed by atoms with E-state index in [1.165, 1.54) is 13.2 Å². The molecule has 0 bridgehead atoms. The Morgan fingerprint density at radius 2 is 1.77 bits per heavy atom. The molecular weight excluding hydrogens is 384 g/mol. The molecule has 0 amide bonds. The fourth-order valence-corrected chi connectivity index (χ4v) is 3.34. The number of methoxy groups -OCH3 is 1. The first-order valence-electron chi connectivity index (χ1n) is 9.71. The summed E-state index contributed by atoms with van der Waals surface area (Å²) >= 11 is 0. The molecular formula is C24H24O6. The number of Topliss-reactive ketones (excluding diaryl/α,β-unsaturated/α-hetero) is 1. The molecule has 0 radical (unpaired) electrons. The summed E-state index contributed by atoms with van der Waals surface area (Å²) in [4.78, 5) is 23.9. The maximum atomic E-state index is 12.5. The van der Waals surface area contributed by atoms with E-state index in [2.05, 4.69) is 0 Å². The van der Waals surface area contributed by atoms with E-state index in [-0.39, 0.29) is 12.4 Å². The van der Waals surface area contributed by atoms with Crippen LogP contribution in [-0.4, -0.2) is 37.4 Å². The number of rotatable bonds is 10. The van der Waals surface area contributed by atoms with Crippen LogP contribution in [-0.2, 0) is 16.0 Å². The second-order valence-corrected chi connectivity index (χ2v) is 6.79. The first-order valence-corrected chi connectivity index (χ1v) is 9.71. The van der Waals surface area contributed by atoms with Crippen LogP contribution in [0.3, 0.4) is 0 Å². The third-order valence-electron chi connectivity index (χ3n) is 4.63. The number of benzene rings is 3. The van der Waals surface area contributed by atoms with Gasteiger partial charge in [0.05, 0.1) is 6.61 Å². The van der Waals surface area contributed by atoms with Gasteiger partial charge in [0.2, 0.25) is 0 Å². The molecule has 0 unspecified atom stereocenters. The highest BCUT2D eigenvalue weighted by Crippen LogP contribution is 2.41. The van der Waals surface area contributed by atoms with Gasteiger partial charge in [0.1, 0.15) is 0 Å². The normalized spacial score (nSPS) is 10.7. The largest absolute Gasteiger partial charge is 0.490 e. The van der Waals surface area contributed by atoms with Crippen molar-refractivity contribution in [3.63, 3.8) is 0 Å². The molecule has 0 aliphatic rings. The van der Waals surface area contributed by atoms with E-state index < -0.39 is 11.8 Å². The number of carbonyl (C=O) groups excluding carboxylic acids is 1. The van der Waals surface area contributed by atoms with Crippen molar-refractivity contribution in [1.29, 1.82) is 0 Å². The van der Waals surface area contributed by atoms with Crippen LogP contribution in [0.1, 0.15) is 34.8 Å². The van der Waals surface area contributed by atoms with Crippen LogP contribution in [0.2, 0.25) is 0 Å².